The molecule has 0 aliphatic carbocycles. The number of fused-ring (bicyclic) bond motifs is 1. The summed E-state index contributed by atoms with van der Waals surface area (Å²) in [6.45, 7) is 2.37. The maximum atomic E-state index is 12.5. The molecule has 0 saturated carbocycles. The van der Waals surface area contributed by atoms with Crippen LogP contribution in [0.5, 0.6) is 0 Å². The Kier molecular flexibility index (Phi) is 4.97. The fourth-order valence-electron chi connectivity index (χ4n) is 3.33. The number of piperidine rings is 1. The standard InChI is InChI=1S/C19H22N6O2/c26-15-5-3-10-24(13-15)17-7-8-20-19(23-17)21-9-11-25-18(27)16-6-2-1-4-14(16)12-22-25/h1-2,4,6-8,12,15,26H,3,5,9-11,13H2,(H,20,21,23). The Labute approximate surface area is 156 Å². The van der Waals surface area contributed by atoms with E-state index in [9.17, 15) is 9.90 Å². The van der Waals surface area contributed by atoms with Crippen LogP contribution in [0, 0.1) is 0 Å². The Morgan fingerprint density at radius 1 is 1.26 bits per heavy atom. The highest BCUT2D eigenvalue weighted by atomic mass is 16.3. The Morgan fingerprint density at radius 2 is 2.15 bits per heavy atom. The van der Waals surface area contributed by atoms with Crippen LogP contribution in [0.4, 0.5) is 11.8 Å². The van der Waals surface area contributed by atoms with Crippen molar-refractivity contribution in [2.45, 2.75) is 25.5 Å². The van der Waals surface area contributed by atoms with Gasteiger partial charge in [-0.05, 0) is 25.0 Å². The van der Waals surface area contributed by atoms with Crippen molar-refractivity contribution in [2.24, 2.45) is 0 Å². The van der Waals surface area contributed by atoms with E-state index in [1.807, 2.05) is 30.3 Å². The predicted molar refractivity (Wildman–Crippen MR) is 104 cm³/mol. The molecule has 8 heteroatoms. The molecule has 8 nitrogen and oxygen atoms in total. The average Bonchev–Trinajstić information content (AvgIpc) is 2.70. The lowest BCUT2D eigenvalue weighted by molar-refractivity contribution is 0.154. The lowest BCUT2D eigenvalue weighted by Gasteiger charge is -2.31. The van der Waals surface area contributed by atoms with E-state index >= 15 is 0 Å². The molecular formula is C19H22N6O2. The minimum Gasteiger partial charge on any atom is -0.391 e. The fourth-order valence-corrected chi connectivity index (χ4v) is 3.33. The first-order valence-electron chi connectivity index (χ1n) is 9.15. The van der Waals surface area contributed by atoms with Gasteiger partial charge in [0.25, 0.3) is 5.56 Å². The van der Waals surface area contributed by atoms with E-state index in [-0.39, 0.29) is 11.7 Å². The number of anilines is 2. The van der Waals surface area contributed by atoms with Gasteiger partial charge in [0.05, 0.1) is 24.2 Å². The molecule has 1 aliphatic rings. The van der Waals surface area contributed by atoms with Crippen LogP contribution in [0.15, 0.2) is 47.5 Å². The maximum Gasteiger partial charge on any atom is 0.274 e. The first kappa shape index (κ1) is 17.4. The summed E-state index contributed by atoms with van der Waals surface area (Å²) < 4.78 is 1.44. The molecule has 3 heterocycles. The zero-order valence-corrected chi connectivity index (χ0v) is 15.0. The highest BCUT2D eigenvalue weighted by molar-refractivity contribution is 5.80. The van der Waals surface area contributed by atoms with Gasteiger partial charge in [-0.15, -0.1) is 0 Å². The summed E-state index contributed by atoms with van der Waals surface area (Å²) >= 11 is 0. The van der Waals surface area contributed by atoms with Crippen LogP contribution in [0.2, 0.25) is 0 Å². The molecule has 1 aliphatic heterocycles. The van der Waals surface area contributed by atoms with E-state index in [4.69, 9.17) is 0 Å². The van der Waals surface area contributed by atoms with E-state index in [0.29, 0.717) is 31.0 Å². The van der Waals surface area contributed by atoms with E-state index in [0.717, 1.165) is 30.6 Å². The molecule has 1 unspecified atom stereocenters. The number of aromatic nitrogens is 4. The second kappa shape index (κ2) is 7.71. The number of benzene rings is 1. The minimum atomic E-state index is -0.309. The molecule has 1 aromatic carbocycles. The fraction of sp³-hybridized carbons (Fsp3) is 0.368. The number of β-amino-alcohol motifs (C(OH)–C–C–N with tert-alkyl or cyclic N) is 1. The van der Waals surface area contributed by atoms with Crippen molar-refractivity contribution in [3.63, 3.8) is 0 Å². The molecule has 1 saturated heterocycles. The summed E-state index contributed by atoms with van der Waals surface area (Å²) in [7, 11) is 0. The van der Waals surface area contributed by atoms with Crippen molar-refractivity contribution in [3.05, 3.63) is 53.1 Å². The number of aliphatic hydroxyl groups is 1. The molecule has 27 heavy (non-hydrogen) atoms. The first-order chi connectivity index (χ1) is 13.2. The lowest BCUT2D eigenvalue weighted by Crippen LogP contribution is -2.38. The van der Waals surface area contributed by atoms with Crippen molar-refractivity contribution in [2.75, 3.05) is 29.9 Å². The summed E-state index contributed by atoms with van der Waals surface area (Å²) in [6, 6.07) is 9.27. The van der Waals surface area contributed by atoms with Gasteiger partial charge in [0.2, 0.25) is 5.95 Å². The van der Waals surface area contributed by atoms with Gasteiger partial charge in [-0.1, -0.05) is 18.2 Å². The Balaban J connectivity index is 1.41. The molecule has 3 aromatic rings. The van der Waals surface area contributed by atoms with Gasteiger partial charge >= 0.3 is 0 Å². The summed E-state index contributed by atoms with van der Waals surface area (Å²) in [5, 5.41) is 18.7. The molecule has 4 rings (SSSR count). The van der Waals surface area contributed by atoms with Crippen molar-refractivity contribution in [3.8, 4) is 0 Å². The van der Waals surface area contributed by atoms with Crippen LogP contribution in [-0.4, -0.2) is 50.6 Å². The van der Waals surface area contributed by atoms with Crippen LogP contribution in [0.3, 0.4) is 0 Å². The van der Waals surface area contributed by atoms with Crippen LogP contribution in [-0.2, 0) is 6.54 Å². The Morgan fingerprint density at radius 3 is 3.04 bits per heavy atom. The quantitative estimate of drug-likeness (QED) is 0.702. The highest BCUT2D eigenvalue weighted by Crippen LogP contribution is 2.18. The second-order valence-corrected chi connectivity index (χ2v) is 6.67. The second-order valence-electron chi connectivity index (χ2n) is 6.67. The molecule has 2 N–H and O–H groups in total. The van der Waals surface area contributed by atoms with Gasteiger partial charge in [-0.25, -0.2) is 9.67 Å². The third-order valence-electron chi connectivity index (χ3n) is 4.73. The molecule has 140 valence electrons. The van der Waals surface area contributed by atoms with E-state index in [2.05, 4.69) is 25.3 Å². The van der Waals surface area contributed by atoms with Crippen molar-refractivity contribution < 1.29 is 5.11 Å². The molecular weight excluding hydrogens is 344 g/mol. The van der Waals surface area contributed by atoms with Crippen LogP contribution in [0.25, 0.3) is 10.8 Å². The molecule has 0 bridgehead atoms. The van der Waals surface area contributed by atoms with Crippen LogP contribution in [0.1, 0.15) is 12.8 Å². The summed E-state index contributed by atoms with van der Waals surface area (Å²) in [4.78, 5) is 23.3. The van der Waals surface area contributed by atoms with Crippen molar-refractivity contribution >= 4 is 22.5 Å². The largest absolute Gasteiger partial charge is 0.391 e. The number of hydrogen-bond acceptors (Lipinski definition) is 7. The summed E-state index contributed by atoms with van der Waals surface area (Å²) in [5.41, 5.74) is -0.105. The van der Waals surface area contributed by atoms with Gasteiger partial charge in [0, 0.05) is 31.2 Å². The molecule has 0 amide bonds. The Bertz CT molecular complexity index is 989. The molecule has 1 atom stereocenters. The monoisotopic (exact) mass is 366 g/mol. The van der Waals surface area contributed by atoms with E-state index in [1.54, 1.807) is 12.4 Å². The minimum absolute atomic E-state index is 0.105. The molecule has 1 fully saturated rings. The van der Waals surface area contributed by atoms with Gasteiger partial charge in [0.1, 0.15) is 5.82 Å². The normalized spacial score (nSPS) is 17.2. The zero-order valence-electron chi connectivity index (χ0n) is 15.0. The zero-order chi connectivity index (χ0) is 18.6. The predicted octanol–water partition coefficient (Wildman–Crippen LogP) is 1.26. The van der Waals surface area contributed by atoms with Gasteiger partial charge in [-0.3, -0.25) is 4.79 Å². The third-order valence-corrected chi connectivity index (χ3v) is 4.73. The number of rotatable bonds is 5. The van der Waals surface area contributed by atoms with Crippen LogP contribution < -0.4 is 15.8 Å². The molecule has 2 aromatic heterocycles. The number of aliphatic hydroxyl groups excluding tert-OH is 1. The molecule has 0 radical (unpaired) electrons. The van der Waals surface area contributed by atoms with Crippen LogP contribution >= 0.6 is 0 Å². The van der Waals surface area contributed by atoms with Gasteiger partial charge in [0.15, 0.2) is 0 Å². The van der Waals surface area contributed by atoms with Gasteiger partial charge < -0.3 is 15.3 Å². The topological polar surface area (TPSA) is 96.2 Å². The highest BCUT2D eigenvalue weighted by Gasteiger charge is 2.19. The third kappa shape index (κ3) is 3.90. The lowest BCUT2D eigenvalue weighted by atomic mass is 10.1. The van der Waals surface area contributed by atoms with E-state index in [1.165, 1.54) is 4.68 Å². The summed E-state index contributed by atoms with van der Waals surface area (Å²) in [5.74, 6) is 1.30. The number of hydrogen-bond donors (Lipinski definition) is 2. The SMILES string of the molecule is O=c1c2ccccc2cnn1CCNc1nccc(N2CCCC(O)C2)n1. The molecule has 0 spiro atoms. The maximum absolute atomic E-state index is 12.5. The number of nitrogens with zero attached hydrogens (tertiary/aromatic N) is 5. The van der Waals surface area contributed by atoms with Crippen molar-refractivity contribution in [1.29, 1.82) is 0 Å². The van der Waals surface area contributed by atoms with Crippen molar-refractivity contribution in [1.82, 2.24) is 19.7 Å². The first-order valence-corrected chi connectivity index (χ1v) is 9.15. The number of nitrogens with one attached hydrogen (secondary N) is 1. The van der Waals surface area contributed by atoms with Gasteiger partial charge in [-0.2, -0.15) is 10.1 Å². The average molecular weight is 366 g/mol. The smallest absolute Gasteiger partial charge is 0.274 e. The van der Waals surface area contributed by atoms with E-state index < -0.39 is 0 Å². The summed E-state index contributed by atoms with van der Waals surface area (Å²) in [6.07, 6.45) is 4.88. The Hall–Kier alpha value is -3.00.